The van der Waals surface area contributed by atoms with Crippen molar-refractivity contribution in [3.63, 3.8) is 0 Å². The molecule has 4 nitrogen and oxygen atoms in total. The summed E-state index contributed by atoms with van der Waals surface area (Å²) in [5.41, 5.74) is -1.60. The molecule has 0 aromatic heterocycles. The normalized spacial score (nSPS) is 28.4. The number of hydrogen-bond acceptors (Lipinski definition) is 4. The van der Waals surface area contributed by atoms with Crippen molar-refractivity contribution >= 4 is 11.8 Å². The Kier molecular flexibility index (Phi) is 2.63. The van der Waals surface area contributed by atoms with Crippen molar-refractivity contribution in [2.24, 2.45) is 5.41 Å². The minimum atomic E-state index is -1.13. The zero-order valence-electron chi connectivity index (χ0n) is 9.55. The summed E-state index contributed by atoms with van der Waals surface area (Å²) in [7, 11) is 0. The first-order valence-electron chi connectivity index (χ1n) is 4.77. The van der Waals surface area contributed by atoms with Crippen molar-refractivity contribution in [2.45, 2.75) is 33.3 Å². The standard InChI is InChI=1S/C11H16O4/c1-7(12)8(2)15-11(5)9(13)14-6-10(11,3)4/h2,6H2,1,3-5H3. The van der Waals surface area contributed by atoms with Gasteiger partial charge in [0.25, 0.3) is 0 Å². The number of allylic oxidation sites excluding steroid dienone is 1. The molecule has 1 unspecified atom stereocenters. The maximum atomic E-state index is 11.6. The van der Waals surface area contributed by atoms with E-state index in [-0.39, 0.29) is 18.1 Å². The van der Waals surface area contributed by atoms with Gasteiger partial charge in [-0.15, -0.1) is 0 Å². The second kappa shape index (κ2) is 3.36. The largest absolute Gasteiger partial charge is 0.472 e. The number of hydrogen-bond donors (Lipinski definition) is 0. The number of ketones is 1. The second-order valence-corrected chi connectivity index (χ2v) is 4.57. The van der Waals surface area contributed by atoms with E-state index in [0.29, 0.717) is 0 Å². The van der Waals surface area contributed by atoms with Gasteiger partial charge in [-0.2, -0.15) is 0 Å². The molecule has 0 aromatic rings. The van der Waals surface area contributed by atoms with Gasteiger partial charge in [-0.25, -0.2) is 4.79 Å². The van der Waals surface area contributed by atoms with Crippen LogP contribution in [0.25, 0.3) is 0 Å². The Morgan fingerprint density at radius 3 is 2.33 bits per heavy atom. The second-order valence-electron chi connectivity index (χ2n) is 4.57. The van der Waals surface area contributed by atoms with Crippen LogP contribution < -0.4 is 0 Å². The fourth-order valence-corrected chi connectivity index (χ4v) is 1.30. The van der Waals surface area contributed by atoms with Gasteiger partial charge in [0.15, 0.2) is 11.5 Å². The summed E-state index contributed by atoms with van der Waals surface area (Å²) in [5.74, 6) is -0.744. The molecule has 0 amide bonds. The number of Topliss-reactive ketones (excluding diaryl/α,β-unsaturated/α-hetero) is 1. The molecular weight excluding hydrogens is 196 g/mol. The van der Waals surface area contributed by atoms with Gasteiger partial charge in [-0.3, -0.25) is 4.79 Å². The first-order valence-corrected chi connectivity index (χ1v) is 4.77. The first-order chi connectivity index (χ1) is 6.71. The quantitative estimate of drug-likeness (QED) is 0.403. The van der Waals surface area contributed by atoms with Gasteiger partial charge in [0, 0.05) is 12.3 Å². The summed E-state index contributed by atoms with van der Waals surface area (Å²) in [4.78, 5) is 22.6. The highest BCUT2D eigenvalue weighted by Crippen LogP contribution is 2.41. The summed E-state index contributed by atoms with van der Waals surface area (Å²) in [5, 5.41) is 0. The molecule has 0 saturated carbocycles. The lowest BCUT2D eigenvalue weighted by molar-refractivity contribution is -0.157. The van der Waals surface area contributed by atoms with Crippen molar-refractivity contribution < 1.29 is 19.1 Å². The third-order valence-electron chi connectivity index (χ3n) is 2.97. The third kappa shape index (κ3) is 1.76. The van der Waals surface area contributed by atoms with Crippen LogP contribution in [0.4, 0.5) is 0 Å². The fraction of sp³-hybridized carbons (Fsp3) is 0.636. The van der Waals surface area contributed by atoms with E-state index in [1.165, 1.54) is 6.92 Å². The minimum absolute atomic E-state index is 0.00979. The summed E-state index contributed by atoms with van der Waals surface area (Å²) >= 11 is 0. The Morgan fingerprint density at radius 2 is 2.00 bits per heavy atom. The monoisotopic (exact) mass is 212 g/mol. The Labute approximate surface area is 89.2 Å². The van der Waals surface area contributed by atoms with E-state index in [9.17, 15) is 9.59 Å². The van der Waals surface area contributed by atoms with Crippen molar-refractivity contribution in [3.8, 4) is 0 Å². The fourth-order valence-electron chi connectivity index (χ4n) is 1.30. The first kappa shape index (κ1) is 11.8. The van der Waals surface area contributed by atoms with Crippen molar-refractivity contribution in [2.75, 3.05) is 6.61 Å². The molecule has 1 heterocycles. The van der Waals surface area contributed by atoms with E-state index in [2.05, 4.69) is 6.58 Å². The molecule has 0 aliphatic carbocycles. The molecule has 84 valence electrons. The maximum Gasteiger partial charge on any atom is 0.350 e. The maximum absolute atomic E-state index is 11.6. The van der Waals surface area contributed by atoms with E-state index >= 15 is 0 Å². The summed E-state index contributed by atoms with van der Waals surface area (Å²) in [6, 6.07) is 0. The third-order valence-corrected chi connectivity index (χ3v) is 2.97. The summed E-state index contributed by atoms with van der Waals surface area (Å²) < 4.78 is 10.3. The number of rotatable bonds is 3. The number of cyclic esters (lactones) is 1. The van der Waals surface area contributed by atoms with Gasteiger partial charge in [0.2, 0.25) is 5.60 Å². The van der Waals surface area contributed by atoms with Gasteiger partial charge in [0.05, 0.1) is 0 Å². The zero-order valence-corrected chi connectivity index (χ0v) is 9.55. The Bertz CT molecular complexity index is 329. The molecule has 1 aliphatic rings. The number of esters is 1. The lowest BCUT2D eigenvalue weighted by Gasteiger charge is -2.33. The molecule has 1 atom stereocenters. The van der Waals surface area contributed by atoms with Gasteiger partial charge in [0.1, 0.15) is 6.61 Å². The van der Waals surface area contributed by atoms with Crippen LogP contribution in [-0.4, -0.2) is 24.0 Å². The van der Waals surface area contributed by atoms with E-state index < -0.39 is 17.0 Å². The van der Waals surface area contributed by atoms with Crippen LogP contribution in [0.3, 0.4) is 0 Å². The molecule has 15 heavy (non-hydrogen) atoms. The van der Waals surface area contributed by atoms with Crippen LogP contribution in [0.15, 0.2) is 12.3 Å². The molecule has 0 spiro atoms. The van der Waals surface area contributed by atoms with Gasteiger partial charge in [-0.1, -0.05) is 20.4 Å². The van der Waals surface area contributed by atoms with Crippen molar-refractivity contribution in [1.29, 1.82) is 0 Å². The van der Waals surface area contributed by atoms with E-state index in [1.807, 2.05) is 13.8 Å². The highest BCUT2D eigenvalue weighted by Gasteiger charge is 2.57. The molecule has 0 aromatic carbocycles. The lowest BCUT2D eigenvalue weighted by Crippen LogP contribution is -2.46. The van der Waals surface area contributed by atoms with Crippen LogP contribution in [-0.2, 0) is 19.1 Å². The van der Waals surface area contributed by atoms with Gasteiger partial charge >= 0.3 is 5.97 Å². The predicted octanol–water partition coefficient (Wildman–Crippen LogP) is 1.45. The van der Waals surface area contributed by atoms with Crippen molar-refractivity contribution in [3.05, 3.63) is 12.3 Å². The van der Waals surface area contributed by atoms with E-state index in [4.69, 9.17) is 9.47 Å². The molecule has 1 aliphatic heterocycles. The Hall–Kier alpha value is -1.32. The Balaban J connectivity index is 2.94. The van der Waals surface area contributed by atoms with Gasteiger partial charge in [-0.05, 0) is 6.92 Å². The smallest absolute Gasteiger partial charge is 0.350 e. The van der Waals surface area contributed by atoms with Gasteiger partial charge < -0.3 is 9.47 Å². The van der Waals surface area contributed by atoms with Crippen LogP contribution in [0, 0.1) is 5.41 Å². The van der Waals surface area contributed by atoms with Crippen LogP contribution in [0.5, 0.6) is 0 Å². The molecule has 4 heteroatoms. The van der Waals surface area contributed by atoms with Crippen LogP contribution in [0.1, 0.15) is 27.7 Å². The highest BCUT2D eigenvalue weighted by atomic mass is 16.6. The Morgan fingerprint density at radius 1 is 1.47 bits per heavy atom. The lowest BCUT2D eigenvalue weighted by atomic mass is 9.78. The topological polar surface area (TPSA) is 52.6 Å². The van der Waals surface area contributed by atoms with Crippen LogP contribution in [0.2, 0.25) is 0 Å². The predicted molar refractivity (Wildman–Crippen MR) is 54.1 cm³/mol. The van der Waals surface area contributed by atoms with Crippen molar-refractivity contribution in [1.82, 2.24) is 0 Å². The number of ether oxygens (including phenoxy) is 2. The average Bonchev–Trinajstić information content (AvgIpc) is 2.30. The number of carbonyl (C=O) groups is 2. The van der Waals surface area contributed by atoms with Crippen LogP contribution >= 0.6 is 0 Å². The molecule has 0 N–H and O–H groups in total. The molecular formula is C11H16O4. The molecule has 1 rings (SSSR count). The average molecular weight is 212 g/mol. The molecule has 1 fully saturated rings. The number of carbonyl (C=O) groups excluding carboxylic acids is 2. The van der Waals surface area contributed by atoms with E-state index in [1.54, 1.807) is 6.92 Å². The zero-order chi connectivity index (χ0) is 11.9. The summed E-state index contributed by atoms with van der Waals surface area (Å²) in [6.45, 7) is 10.4. The van der Waals surface area contributed by atoms with E-state index in [0.717, 1.165) is 0 Å². The molecule has 1 saturated heterocycles. The molecule has 0 bridgehead atoms. The highest BCUT2D eigenvalue weighted by molar-refractivity contribution is 5.92. The minimum Gasteiger partial charge on any atom is -0.472 e. The SMILES string of the molecule is C=C(OC1(C)C(=O)OCC1(C)C)C(C)=O. The molecule has 0 radical (unpaired) electrons. The summed E-state index contributed by atoms with van der Waals surface area (Å²) in [6.07, 6.45) is 0.